The van der Waals surface area contributed by atoms with Crippen LogP contribution in [0.1, 0.15) is 65.7 Å². The zero-order valence-electron chi connectivity index (χ0n) is 21.5. The van der Waals surface area contributed by atoms with Gasteiger partial charge in [-0.05, 0) is 74.0 Å². The van der Waals surface area contributed by atoms with Crippen LogP contribution >= 0.6 is 0 Å². The highest BCUT2D eigenvalue weighted by molar-refractivity contribution is 5.91. The Kier molecular flexibility index (Phi) is 5.61. The third kappa shape index (κ3) is 2.88. The van der Waals surface area contributed by atoms with Crippen LogP contribution in [0.25, 0.3) is 0 Å². The van der Waals surface area contributed by atoms with Gasteiger partial charge >= 0.3 is 5.97 Å². The van der Waals surface area contributed by atoms with Gasteiger partial charge in [0, 0.05) is 12.8 Å². The molecule has 0 aromatic rings. The third-order valence-corrected chi connectivity index (χ3v) is 11.9. The molecule has 12 atom stereocenters. The summed E-state index contributed by atoms with van der Waals surface area (Å²) in [5.74, 6) is 0.436. The number of ether oxygens (including phenoxy) is 2. The van der Waals surface area contributed by atoms with E-state index in [2.05, 4.69) is 13.8 Å². The second kappa shape index (κ2) is 8.09. The van der Waals surface area contributed by atoms with Gasteiger partial charge < -0.3 is 29.9 Å². The summed E-state index contributed by atoms with van der Waals surface area (Å²) in [5, 5.41) is 41.6. The van der Waals surface area contributed by atoms with E-state index in [0.717, 1.165) is 37.7 Å². The van der Waals surface area contributed by atoms with Crippen molar-refractivity contribution in [3.8, 4) is 0 Å². The average molecular weight is 505 g/mol. The maximum atomic E-state index is 13.5. The number of hydrogen-bond acceptors (Lipinski definition) is 8. The number of carbonyl (C=O) groups excluding carboxylic acids is 2. The van der Waals surface area contributed by atoms with Crippen LogP contribution in [0.5, 0.6) is 0 Å². The molecule has 6 rings (SSSR count). The minimum absolute atomic E-state index is 0.0171. The molecule has 1 spiro atoms. The highest BCUT2D eigenvalue weighted by Gasteiger charge is 2.83. The molecule has 12 unspecified atom stereocenters. The zero-order chi connectivity index (χ0) is 25.8. The minimum atomic E-state index is -1.15. The summed E-state index contributed by atoms with van der Waals surface area (Å²) in [5.41, 5.74) is -0.996. The van der Waals surface area contributed by atoms with Gasteiger partial charge in [0.05, 0.1) is 36.4 Å². The van der Waals surface area contributed by atoms with E-state index in [1.54, 1.807) is 0 Å². The normalized spacial score (nSPS) is 52.6. The molecule has 8 nitrogen and oxygen atoms in total. The first-order chi connectivity index (χ1) is 17.1. The Morgan fingerprint density at radius 3 is 2.50 bits per heavy atom. The van der Waals surface area contributed by atoms with Crippen molar-refractivity contribution >= 4 is 11.8 Å². The summed E-state index contributed by atoms with van der Waals surface area (Å²) < 4.78 is 12.0. The van der Waals surface area contributed by atoms with Gasteiger partial charge in [-0.3, -0.25) is 4.79 Å². The molecule has 4 saturated carbocycles. The second-order valence-corrected chi connectivity index (χ2v) is 12.9. The van der Waals surface area contributed by atoms with Gasteiger partial charge in [0.15, 0.2) is 0 Å². The molecule has 6 aliphatic rings. The lowest BCUT2D eigenvalue weighted by Crippen LogP contribution is -2.70. The van der Waals surface area contributed by atoms with Gasteiger partial charge in [0.25, 0.3) is 0 Å². The Labute approximate surface area is 212 Å². The van der Waals surface area contributed by atoms with E-state index in [-0.39, 0.29) is 60.8 Å². The number of carbonyl (C=O) groups is 2. The van der Waals surface area contributed by atoms with E-state index >= 15 is 0 Å². The number of aliphatic hydroxyl groups excluding tert-OH is 4. The molecule has 0 amide bonds. The molecule has 4 aliphatic carbocycles. The van der Waals surface area contributed by atoms with Crippen molar-refractivity contribution in [2.75, 3.05) is 13.2 Å². The lowest BCUT2D eigenvalue weighted by Gasteiger charge is -2.59. The molecule has 0 radical (unpaired) electrons. The Morgan fingerprint density at radius 2 is 1.83 bits per heavy atom. The SMILES string of the molecule is CC1=C(CO)C(=O)OC(C(C)C2CCC3C4CC5OC56C(O)C(O)CC(=O)C6(CO)C4CCC23C)C1. The van der Waals surface area contributed by atoms with Gasteiger partial charge in [-0.15, -0.1) is 0 Å². The van der Waals surface area contributed by atoms with Crippen LogP contribution in [-0.4, -0.2) is 75.4 Å². The molecule has 8 heteroatoms. The van der Waals surface area contributed by atoms with Crippen LogP contribution in [0.2, 0.25) is 0 Å². The number of fused-ring (bicyclic) bond motifs is 4. The molecule has 36 heavy (non-hydrogen) atoms. The van der Waals surface area contributed by atoms with E-state index in [1.807, 2.05) is 6.92 Å². The van der Waals surface area contributed by atoms with Crippen LogP contribution in [0, 0.1) is 40.4 Å². The Bertz CT molecular complexity index is 1010. The smallest absolute Gasteiger partial charge is 0.336 e. The highest BCUT2D eigenvalue weighted by Crippen LogP contribution is 2.73. The summed E-state index contributed by atoms with van der Waals surface area (Å²) in [6.45, 7) is 5.80. The fourth-order valence-electron chi connectivity index (χ4n) is 10.1. The monoisotopic (exact) mass is 504 g/mol. The van der Waals surface area contributed by atoms with Crippen molar-refractivity contribution < 1.29 is 39.5 Å². The number of hydrogen-bond donors (Lipinski definition) is 4. The molecular formula is C28H40O8. The van der Waals surface area contributed by atoms with E-state index in [4.69, 9.17) is 9.47 Å². The van der Waals surface area contributed by atoms with Crippen molar-refractivity contribution in [1.82, 2.24) is 0 Å². The van der Waals surface area contributed by atoms with Crippen LogP contribution in [-0.2, 0) is 19.1 Å². The Hall–Kier alpha value is -1.32. The first-order valence-electron chi connectivity index (χ1n) is 13.7. The predicted octanol–water partition coefficient (Wildman–Crippen LogP) is 1.52. The predicted molar refractivity (Wildman–Crippen MR) is 127 cm³/mol. The summed E-state index contributed by atoms with van der Waals surface area (Å²) in [4.78, 5) is 26.0. The fourth-order valence-corrected chi connectivity index (χ4v) is 10.1. The summed E-state index contributed by atoms with van der Waals surface area (Å²) in [7, 11) is 0. The summed E-state index contributed by atoms with van der Waals surface area (Å²) >= 11 is 0. The van der Waals surface area contributed by atoms with Crippen LogP contribution < -0.4 is 0 Å². The fraction of sp³-hybridized carbons (Fsp3) is 0.857. The average Bonchev–Trinajstić information content (AvgIpc) is 3.46. The standard InChI is InChI=1S/C28H40O8/c1-13-8-21(35-25(34)16(13)11-29)14(2)17-4-5-18-15-9-23-28(36-23)24(33)20(31)10-22(32)27(28,12-30)19(15)6-7-26(17,18)3/h14-15,17-21,23-24,29-31,33H,4-12H2,1-3H3. The van der Waals surface area contributed by atoms with Gasteiger partial charge in [0.1, 0.15) is 23.6 Å². The lowest BCUT2D eigenvalue weighted by atomic mass is 9.43. The summed E-state index contributed by atoms with van der Waals surface area (Å²) in [6.07, 6.45) is 2.13. The number of ketones is 1. The summed E-state index contributed by atoms with van der Waals surface area (Å²) in [6, 6.07) is 0. The third-order valence-electron chi connectivity index (χ3n) is 11.9. The Morgan fingerprint density at radius 1 is 1.08 bits per heavy atom. The van der Waals surface area contributed by atoms with E-state index in [0.29, 0.717) is 23.8 Å². The number of rotatable bonds is 4. The highest BCUT2D eigenvalue weighted by atomic mass is 16.6. The molecule has 2 heterocycles. The number of esters is 1. The number of Topliss-reactive ketones (excluding diaryl/α,β-unsaturated/α-hetero) is 1. The molecule has 0 aromatic heterocycles. The van der Waals surface area contributed by atoms with E-state index in [9.17, 15) is 30.0 Å². The van der Waals surface area contributed by atoms with Crippen molar-refractivity contribution in [1.29, 1.82) is 0 Å². The molecule has 5 fully saturated rings. The topological polar surface area (TPSA) is 137 Å². The number of aliphatic hydroxyl groups is 4. The van der Waals surface area contributed by atoms with Crippen LogP contribution in [0.3, 0.4) is 0 Å². The molecular weight excluding hydrogens is 464 g/mol. The van der Waals surface area contributed by atoms with Crippen molar-refractivity contribution in [2.45, 2.75) is 95.7 Å². The molecule has 1 saturated heterocycles. The van der Waals surface area contributed by atoms with Gasteiger partial charge in [0.2, 0.25) is 0 Å². The molecule has 0 aromatic carbocycles. The quantitative estimate of drug-likeness (QED) is 0.334. The molecule has 0 bridgehead atoms. The molecule has 4 N–H and O–H groups in total. The van der Waals surface area contributed by atoms with Gasteiger partial charge in [-0.1, -0.05) is 19.4 Å². The lowest BCUT2D eigenvalue weighted by molar-refractivity contribution is -0.192. The van der Waals surface area contributed by atoms with Gasteiger partial charge in [-0.25, -0.2) is 4.79 Å². The minimum Gasteiger partial charge on any atom is -0.458 e. The van der Waals surface area contributed by atoms with E-state index in [1.165, 1.54) is 0 Å². The van der Waals surface area contributed by atoms with Crippen molar-refractivity contribution in [3.05, 3.63) is 11.1 Å². The van der Waals surface area contributed by atoms with Crippen molar-refractivity contribution in [2.24, 2.45) is 40.4 Å². The Balaban J connectivity index is 1.28. The molecule has 200 valence electrons. The maximum absolute atomic E-state index is 13.5. The van der Waals surface area contributed by atoms with Gasteiger partial charge in [-0.2, -0.15) is 0 Å². The van der Waals surface area contributed by atoms with Crippen LogP contribution in [0.15, 0.2) is 11.1 Å². The zero-order valence-corrected chi connectivity index (χ0v) is 21.5. The number of cyclic esters (lactones) is 1. The number of epoxide rings is 1. The van der Waals surface area contributed by atoms with E-state index < -0.39 is 29.2 Å². The van der Waals surface area contributed by atoms with Crippen molar-refractivity contribution in [3.63, 3.8) is 0 Å². The second-order valence-electron chi connectivity index (χ2n) is 12.9. The molecule has 2 aliphatic heterocycles. The first-order valence-corrected chi connectivity index (χ1v) is 13.7. The maximum Gasteiger partial charge on any atom is 0.336 e. The first kappa shape index (κ1) is 25.0. The van der Waals surface area contributed by atoms with Crippen LogP contribution in [0.4, 0.5) is 0 Å². The largest absolute Gasteiger partial charge is 0.458 e.